The van der Waals surface area contributed by atoms with Gasteiger partial charge in [0.2, 0.25) is 0 Å². The highest BCUT2D eigenvalue weighted by Crippen LogP contribution is 2.24. The van der Waals surface area contributed by atoms with Crippen LogP contribution < -0.4 is 0 Å². The summed E-state index contributed by atoms with van der Waals surface area (Å²) in [6.45, 7) is 13.8. The zero-order chi connectivity index (χ0) is 29.6. The number of esters is 4. The number of rotatable bonds is 20. The standard InChI is InChI=1S/C29H48N4O8/c1-21-13-30(21)9-5-25(34)38-17-29(18-39-26(35)6-10-31-14-22(31)2,19-40-27(36)7-11-32-15-23(32)3)20-41-28(37)8-12-33-16-24(33)4/h21-24H,5-20H2,1-4H3. The second kappa shape index (κ2) is 14.3. The summed E-state index contributed by atoms with van der Waals surface area (Å²) in [5.41, 5.74) is -1.21. The smallest absolute Gasteiger partial charge is 0.307 e. The third-order valence-electron chi connectivity index (χ3n) is 8.52. The number of ether oxygens (including phenoxy) is 4. The highest BCUT2D eigenvalue weighted by molar-refractivity contribution is 5.71. The normalized spacial score (nSPS) is 32.3. The van der Waals surface area contributed by atoms with Gasteiger partial charge in [0.15, 0.2) is 0 Å². The van der Waals surface area contributed by atoms with Crippen LogP contribution in [0, 0.1) is 5.41 Å². The van der Waals surface area contributed by atoms with Gasteiger partial charge in [-0.25, -0.2) is 0 Å². The third-order valence-corrected chi connectivity index (χ3v) is 8.52. The molecule has 0 spiro atoms. The molecule has 0 saturated carbocycles. The quantitative estimate of drug-likeness (QED) is 0.114. The zero-order valence-electron chi connectivity index (χ0n) is 25.2. The highest BCUT2D eigenvalue weighted by Gasteiger charge is 2.39. The maximum Gasteiger partial charge on any atom is 0.307 e. The van der Waals surface area contributed by atoms with Crippen molar-refractivity contribution < 1.29 is 38.1 Å². The van der Waals surface area contributed by atoms with Crippen LogP contribution in [0.15, 0.2) is 0 Å². The van der Waals surface area contributed by atoms with Gasteiger partial charge in [-0.1, -0.05) is 0 Å². The fourth-order valence-corrected chi connectivity index (χ4v) is 4.83. The van der Waals surface area contributed by atoms with E-state index in [0.29, 0.717) is 50.3 Å². The Morgan fingerprint density at radius 1 is 0.488 bits per heavy atom. The Labute approximate surface area is 243 Å². The predicted molar refractivity (Wildman–Crippen MR) is 149 cm³/mol. The van der Waals surface area contributed by atoms with Crippen LogP contribution in [0.25, 0.3) is 0 Å². The first-order valence-electron chi connectivity index (χ1n) is 15.1. The van der Waals surface area contributed by atoms with Crippen LogP contribution >= 0.6 is 0 Å². The Morgan fingerprint density at radius 3 is 0.854 bits per heavy atom. The topological polar surface area (TPSA) is 117 Å². The van der Waals surface area contributed by atoms with Crippen LogP contribution in [0.3, 0.4) is 0 Å². The molecule has 0 bridgehead atoms. The molecule has 0 aromatic heterocycles. The summed E-state index contributed by atoms with van der Waals surface area (Å²) in [5, 5.41) is 0. The van der Waals surface area contributed by atoms with Crippen molar-refractivity contribution >= 4 is 23.9 Å². The first-order chi connectivity index (χ1) is 19.5. The molecule has 4 aliphatic rings. The molecule has 4 fully saturated rings. The van der Waals surface area contributed by atoms with Gasteiger partial charge in [-0.05, 0) is 27.7 Å². The molecule has 0 amide bonds. The van der Waals surface area contributed by atoms with E-state index >= 15 is 0 Å². The van der Waals surface area contributed by atoms with Gasteiger partial charge in [-0.3, -0.25) is 38.8 Å². The molecular formula is C29H48N4O8. The van der Waals surface area contributed by atoms with Gasteiger partial charge < -0.3 is 18.9 Å². The van der Waals surface area contributed by atoms with Crippen molar-refractivity contribution in [2.24, 2.45) is 5.41 Å². The minimum atomic E-state index is -1.21. The summed E-state index contributed by atoms with van der Waals surface area (Å²) < 4.78 is 22.5. The molecule has 8 unspecified atom stereocenters. The number of hydrogen-bond acceptors (Lipinski definition) is 12. The Morgan fingerprint density at radius 2 is 0.683 bits per heavy atom. The molecule has 4 aliphatic heterocycles. The molecular weight excluding hydrogens is 532 g/mol. The van der Waals surface area contributed by atoms with Crippen molar-refractivity contribution in [3.8, 4) is 0 Å². The number of hydrogen-bond donors (Lipinski definition) is 0. The molecule has 0 aromatic rings. The molecule has 41 heavy (non-hydrogen) atoms. The van der Waals surface area contributed by atoms with Crippen molar-refractivity contribution in [3.05, 3.63) is 0 Å². The molecule has 0 N–H and O–H groups in total. The number of carbonyl (C=O) groups is 4. The second-order valence-electron chi connectivity index (χ2n) is 12.5. The molecule has 0 aliphatic carbocycles. The minimum absolute atomic E-state index is 0.204. The molecule has 232 valence electrons. The Kier molecular flexibility index (Phi) is 11.0. The molecule has 12 nitrogen and oxygen atoms in total. The van der Waals surface area contributed by atoms with Crippen LogP contribution in [-0.2, 0) is 38.1 Å². The van der Waals surface area contributed by atoms with Gasteiger partial charge in [0.05, 0.1) is 25.7 Å². The number of carbonyl (C=O) groups excluding carboxylic acids is 4. The van der Waals surface area contributed by atoms with Gasteiger partial charge in [0, 0.05) is 76.5 Å². The fourth-order valence-electron chi connectivity index (χ4n) is 4.83. The van der Waals surface area contributed by atoms with E-state index in [2.05, 4.69) is 47.3 Å². The molecule has 4 rings (SSSR count). The second-order valence-corrected chi connectivity index (χ2v) is 12.5. The van der Waals surface area contributed by atoms with E-state index in [1.807, 2.05) is 0 Å². The zero-order valence-corrected chi connectivity index (χ0v) is 25.2. The van der Waals surface area contributed by atoms with Crippen LogP contribution in [0.5, 0.6) is 0 Å². The number of nitrogens with zero attached hydrogens (tertiary/aromatic N) is 4. The first kappa shape index (κ1) is 31.7. The summed E-state index contributed by atoms with van der Waals surface area (Å²) >= 11 is 0. The lowest BCUT2D eigenvalue weighted by Gasteiger charge is -2.31. The first-order valence-corrected chi connectivity index (χ1v) is 15.1. The van der Waals surface area contributed by atoms with Crippen molar-refractivity contribution in [1.82, 2.24) is 19.6 Å². The van der Waals surface area contributed by atoms with Crippen LogP contribution in [0.1, 0.15) is 53.4 Å². The lowest BCUT2D eigenvalue weighted by molar-refractivity contribution is -0.170. The van der Waals surface area contributed by atoms with E-state index in [1.165, 1.54) is 0 Å². The molecule has 0 radical (unpaired) electrons. The lowest BCUT2D eigenvalue weighted by Crippen LogP contribution is -2.44. The van der Waals surface area contributed by atoms with E-state index in [-0.39, 0.29) is 52.1 Å². The monoisotopic (exact) mass is 580 g/mol. The van der Waals surface area contributed by atoms with Gasteiger partial charge in [0.1, 0.15) is 31.8 Å². The minimum Gasteiger partial charge on any atom is -0.465 e. The summed E-state index contributed by atoms with van der Waals surface area (Å²) in [6.07, 6.45) is 0.872. The van der Waals surface area contributed by atoms with E-state index in [9.17, 15) is 19.2 Å². The van der Waals surface area contributed by atoms with Crippen LogP contribution in [0.2, 0.25) is 0 Å². The Balaban J connectivity index is 1.35. The maximum absolute atomic E-state index is 12.6. The summed E-state index contributed by atoms with van der Waals surface area (Å²) in [5.74, 6) is -1.61. The molecule has 4 heterocycles. The summed E-state index contributed by atoms with van der Waals surface area (Å²) in [6, 6.07) is 1.89. The van der Waals surface area contributed by atoms with E-state index < -0.39 is 29.3 Å². The molecule has 8 atom stereocenters. The van der Waals surface area contributed by atoms with E-state index in [0.717, 1.165) is 26.2 Å². The summed E-state index contributed by atoms with van der Waals surface area (Å²) in [4.78, 5) is 59.0. The van der Waals surface area contributed by atoms with E-state index in [4.69, 9.17) is 18.9 Å². The molecule has 0 aromatic carbocycles. The Bertz CT molecular complexity index is 798. The van der Waals surface area contributed by atoms with Crippen LogP contribution in [0.4, 0.5) is 0 Å². The van der Waals surface area contributed by atoms with Gasteiger partial charge >= 0.3 is 23.9 Å². The van der Waals surface area contributed by atoms with Crippen molar-refractivity contribution in [1.29, 1.82) is 0 Å². The van der Waals surface area contributed by atoms with Gasteiger partial charge in [0.25, 0.3) is 0 Å². The largest absolute Gasteiger partial charge is 0.465 e. The lowest BCUT2D eigenvalue weighted by atomic mass is 9.92. The predicted octanol–water partition coefficient (Wildman–Crippen LogP) is 0.522. The van der Waals surface area contributed by atoms with Crippen molar-refractivity contribution in [2.75, 3.05) is 78.8 Å². The third kappa shape index (κ3) is 11.1. The SMILES string of the molecule is CC1CN1CCC(=O)OCC(COC(=O)CCN1CC1C)(COC(=O)CCN1CC1C)COC(=O)CCN1CC1C. The molecule has 4 saturated heterocycles. The van der Waals surface area contributed by atoms with Crippen molar-refractivity contribution in [2.45, 2.75) is 77.5 Å². The highest BCUT2D eigenvalue weighted by atomic mass is 16.6. The maximum atomic E-state index is 12.6. The Hall–Kier alpha value is -2.28. The van der Waals surface area contributed by atoms with Gasteiger partial charge in [-0.2, -0.15) is 0 Å². The van der Waals surface area contributed by atoms with E-state index in [1.54, 1.807) is 0 Å². The fraction of sp³-hybridized carbons (Fsp3) is 0.862. The van der Waals surface area contributed by atoms with Gasteiger partial charge in [-0.15, -0.1) is 0 Å². The molecule has 12 heteroatoms. The van der Waals surface area contributed by atoms with Crippen molar-refractivity contribution in [3.63, 3.8) is 0 Å². The summed E-state index contributed by atoms with van der Waals surface area (Å²) in [7, 11) is 0. The average Bonchev–Trinajstić information content (AvgIpc) is 3.82. The average molecular weight is 581 g/mol. The van der Waals surface area contributed by atoms with Crippen LogP contribution in [-0.4, -0.2) is 146 Å².